The van der Waals surface area contributed by atoms with Gasteiger partial charge in [-0.2, -0.15) is 0 Å². The summed E-state index contributed by atoms with van der Waals surface area (Å²) in [6.07, 6.45) is 2.97. The van der Waals surface area contributed by atoms with Crippen LogP contribution in [0.5, 0.6) is 17.2 Å². The number of rotatable bonds is 6. The van der Waals surface area contributed by atoms with Gasteiger partial charge < -0.3 is 19.9 Å². The Morgan fingerprint density at radius 3 is 2.36 bits per heavy atom. The second-order valence-electron chi connectivity index (χ2n) is 4.46. The Morgan fingerprint density at radius 1 is 1.05 bits per heavy atom. The van der Waals surface area contributed by atoms with E-state index in [4.69, 9.17) is 9.47 Å². The number of hydrogen-bond acceptors (Lipinski definition) is 5. The maximum Gasteiger partial charge on any atom is 0.187 e. The van der Waals surface area contributed by atoms with Crippen LogP contribution in [0, 0.1) is 0 Å². The van der Waals surface area contributed by atoms with Crippen molar-refractivity contribution in [1.29, 1.82) is 0 Å². The molecule has 0 atom stereocenters. The zero-order valence-corrected chi connectivity index (χ0v) is 12.4. The number of carbonyl (C=O) groups excluding carboxylic acids is 1. The van der Waals surface area contributed by atoms with Gasteiger partial charge in [-0.05, 0) is 42.5 Å². The molecule has 0 fully saturated rings. The van der Waals surface area contributed by atoms with E-state index in [-0.39, 0.29) is 11.5 Å². The lowest BCUT2D eigenvalue weighted by Gasteiger charge is -2.08. The summed E-state index contributed by atoms with van der Waals surface area (Å²) < 4.78 is 10.3. The summed E-state index contributed by atoms with van der Waals surface area (Å²) in [5, 5.41) is 12.1. The largest absolute Gasteiger partial charge is 0.508 e. The third-order valence-electron chi connectivity index (χ3n) is 3.02. The maximum absolute atomic E-state index is 12.1. The summed E-state index contributed by atoms with van der Waals surface area (Å²) in [4.78, 5) is 12.1. The SMILES string of the molecule is COc1ccc(C(=O)/C=C\Nc2ccc(O)cc2)cc1OC. The van der Waals surface area contributed by atoms with E-state index in [2.05, 4.69) is 5.32 Å². The fraction of sp³-hybridized carbons (Fsp3) is 0.118. The number of ether oxygens (including phenoxy) is 2. The predicted molar refractivity (Wildman–Crippen MR) is 84.7 cm³/mol. The van der Waals surface area contributed by atoms with Gasteiger partial charge in [0, 0.05) is 23.5 Å². The molecule has 0 aliphatic carbocycles. The number of anilines is 1. The molecule has 2 aromatic rings. The van der Waals surface area contributed by atoms with Crippen LogP contribution in [0.4, 0.5) is 5.69 Å². The molecule has 0 amide bonds. The van der Waals surface area contributed by atoms with Crippen LogP contribution in [-0.2, 0) is 0 Å². The van der Waals surface area contributed by atoms with Gasteiger partial charge in [0.2, 0.25) is 0 Å². The number of nitrogens with one attached hydrogen (secondary N) is 1. The second kappa shape index (κ2) is 7.17. The number of carbonyl (C=O) groups is 1. The summed E-state index contributed by atoms with van der Waals surface area (Å²) >= 11 is 0. The smallest absolute Gasteiger partial charge is 0.187 e. The minimum atomic E-state index is -0.160. The Morgan fingerprint density at radius 2 is 1.73 bits per heavy atom. The monoisotopic (exact) mass is 299 g/mol. The highest BCUT2D eigenvalue weighted by Crippen LogP contribution is 2.27. The molecule has 2 N–H and O–H groups in total. The van der Waals surface area contributed by atoms with E-state index in [0.717, 1.165) is 5.69 Å². The van der Waals surface area contributed by atoms with Crippen LogP contribution >= 0.6 is 0 Å². The lowest BCUT2D eigenvalue weighted by Crippen LogP contribution is -1.98. The number of methoxy groups -OCH3 is 2. The molecule has 22 heavy (non-hydrogen) atoms. The van der Waals surface area contributed by atoms with E-state index in [1.807, 2.05) is 0 Å². The van der Waals surface area contributed by atoms with Crippen molar-refractivity contribution in [1.82, 2.24) is 0 Å². The van der Waals surface area contributed by atoms with E-state index in [1.54, 1.807) is 55.8 Å². The molecule has 0 aliphatic heterocycles. The van der Waals surface area contributed by atoms with E-state index >= 15 is 0 Å². The highest BCUT2D eigenvalue weighted by Gasteiger charge is 2.08. The van der Waals surface area contributed by atoms with Gasteiger partial charge >= 0.3 is 0 Å². The van der Waals surface area contributed by atoms with Crippen molar-refractivity contribution in [3.05, 3.63) is 60.3 Å². The lowest BCUT2D eigenvalue weighted by atomic mass is 10.1. The Labute approximate surface area is 128 Å². The average Bonchev–Trinajstić information content (AvgIpc) is 2.55. The molecule has 0 radical (unpaired) electrons. The number of phenolic OH excluding ortho intramolecular Hbond substituents is 1. The van der Waals surface area contributed by atoms with Gasteiger partial charge in [-0.1, -0.05) is 0 Å². The first-order valence-corrected chi connectivity index (χ1v) is 6.62. The van der Waals surface area contributed by atoms with E-state index < -0.39 is 0 Å². The molecule has 2 rings (SSSR count). The van der Waals surface area contributed by atoms with E-state index in [1.165, 1.54) is 13.2 Å². The van der Waals surface area contributed by atoms with Gasteiger partial charge in [0.15, 0.2) is 17.3 Å². The van der Waals surface area contributed by atoms with Crippen molar-refractivity contribution in [2.75, 3.05) is 19.5 Å². The first kappa shape index (κ1) is 15.4. The summed E-state index contributed by atoms with van der Waals surface area (Å²) in [5.74, 6) is 1.11. The summed E-state index contributed by atoms with van der Waals surface area (Å²) in [6.45, 7) is 0. The van der Waals surface area contributed by atoms with Gasteiger partial charge in [0.1, 0.15) is 5.75 Å². The van der Waals surface area contributed by atoms with Crippen LogP contribution < -0.4 is 14.8 Å². The summed E-state index contributed by atoms with van der Waals surface area (Å²) in [7, 11) is 3.06. The third kappa shape index (κ3) is 3.79. The zero-order valence-electron chi connectivity index (χ0n) is 12.4. The van der Waals surface area contributed by atoms with Crippen LogP contribution in [0.3, 0.4) is 0 Å². The number of allylic oxidation sites excluding steroid dienone is 1. The number of hydrogen-bond donors (Lipinski definition) is 2. The molecule has 5 heteroatoms. The molecular formula is C17H17NO4. The Bertz CT molecular complexity index is 678. The van der Waals surface area contributed by atoms with Crippen molar-refractivity contribution in [2.24, 2.45) is 0 Å². The number of phenols is 1. The maximum atomic E-state index is 12.1. The van der Waals surface area contributed by atoms with Gasteiger partial charge in [0.25, 0.3) is 0 Å². The highest BCUT2D eigenvalue weighted by molar-refractivity contribution is 6.05. The van der Waals surface area contributed by atoms with Crippen LogP contribution in [0.2, 0.25) is 0 Å². The Balaban J connectivity index is 2.05. The lowest BCUT2D eigenvalue weighted by molar-refractivity contribution is 0.104. The molecule has 0 spiro atoms. The van der Waals surface area contributed by atoms with Gasteiger partial charge in [-0.25, -0.2) is 0 Å². The number of ketones is 1. The molecule has 0 bridgehead atoms. The zero-order chi connectivity index (χ0) is 15.9. The van der Waals surface area contributed by atoms with Gasteiger partial charge in [0.05, 0.1) is 14.2 Å². The number of aromatic hydroxyl groups is 1. The molecule has 0 aliphatic rings. The normalized spacial score (nSPS) is 10.5. The minimum absolute atomic E-state index is 0.160. The van der Waals surface area contributed by atoms with Crippen LogP contribution in [-0.4, -0.2) is 25.1 Å². The number of benzene rings is 2. The highest BCUT2D eigenvalue weighted by atomic mass is 16.5. The molecule has 2 aromatic carbocycles. The van der Waals surface area contributed by atoms with Gasteiger partial charge in [-0.15, -0.1) is 0 Å². The van der Waals surface area contributed by atoms with Crippen LogP contribution in [0.25, 0.3) is 0 Å². The van der Waals surface area contributed by atoms with Crippen molar-refractivity contribution < 1.29 is 19.4 Å². The predicted octanol–water partition coefficient (Wildman–Crippen LogP) is 3.22. The van der Waals surface area contributed by atoms with Crippen molar-refractivity contribution in [2.45, 2.75) is 0 Å². The second-order valence-corrected chi connectivity index (χ2v) is 4.46. The van der Waals surface area contributed by atoms with Crippen LogP contribution in [0.1, 0.15) is 10.4 Å². The molecule has 0 aromatic heterocycles. The topological polar surface area (TPSA) is 67.8 Å². The van der Waals surface area contributed by atoms with Crippen molar-refractivity contribution >= 4 is 11.5 Å². The first-order chi connectivity index (χ1) is 10.6. The standard InChI is InChI=1S/C17H17NO4/c1-21-16-8-3-12(11-17(16)22-2)15(20)9-10-18-13-4-6-14(19)7-5-13/h3-11,18-19H,1-2H3/b10-9-. The summed E-state index contributed by atoms with van der Waals surface area (Å²) in [6, 6.07) is 11.5. The molecule has 0 saturated carbocycles. The van der Waals surface area contributed by atoms with E-state index in [0.29, 0.717) is 17.1 Å². The van der Waals surface area contributed by atoms with Crippen LogP contribution in [0.15, 0.2) is 54.7 Å². The molecule has 0 unspecified atom stereocenters. The molecule has 0 heterocycles. The summed E-state index contributed by atoms with van der Waals surface area (Å²) in [5.41, 5.74) is 1.27. The average molecular weight is 299 g/mol. The molecule has 0 saturated heterocycles. The third-order valence-corrected chi connectivity index (χ3v) is 3.02. The molecular weight excluding hydrogens is 282 g/mol. The first-order valence-electron chi connectivity index (χ1n) is 6.62. The fourth-order valence-corrected chi connectivity index (χ4v) is 1.86. The van der Waals surface area contributed by atoms with Crippen molar-refractivity contribution in [3.63, 3.8) is 0 Å². The molecule has 114 valence electrons. The van der Waals surface area contributed by atoms with Crippen molar-refractivity contribution in [3.8, 4) is 17.2 Å². The Kier molecular flexibility index (Phi) is 5.03. The quantitative estimate of drug-likeness (QED) is 0.487. The molecule has 5 nitrogen and oxygen atoms in total. The van der Waals surface area contributed by atoms with Gasteiger partial charge in [-0.3, -0.25) is 4.79 Å². The fourth-order valence-electron chi connectivity index (χ4n) is 1.86. The Hall–Kier alpha value is -2.95. The minimum Gasteiger partial charge on any atom is -0.508 e. The van der Waals surface area contributed by atoms with E-state index in [9.17, 15) is 9.90 Å².